The fourth-order valence-electron chi connectivity index (χ4n) is 4.55. The van der Waals surface area contributed by atoms with E-state index in [0.29, 0.717) is 12.1 Å². The first-order valence-corrected chi connectivity index (χ1v) is 12.2. The van der Waals surface area contributed by atoms with E-state index in [1.807, 2.05) is 11.8 Å². The summed E-state index contributed by atoms with van der Waals surface area (Å²) in [5.41, 5.74) is 4.84. The number of hydrogen-bond donors (Lipinski definition) is 2. The lowest BCUT2D eigenvalue weighted by Gasteiger charge is -2.26. The molecule has 3 aliphatic rings. The molecule has 2 fully saturated rings. The Kier molecular flexibility index (Phi) is 6.32. The number of aromatic nitrogens is 1. The number of morpholine rings is 1. The van der Waals surface area contributed by atoms with Gasteiger partial charge in [-0.25, -0.2) is 0 Å². The van der Waals surface area contributed by atoms with Gasteiger partial charge in [0.15, 0.2) is 0 Å². The van der Waals surface area contributed by atoms with E-state index in [1.54, 1.807) is 0 Å². The van der Waals surface area contributed by atoms with Crippen LogP contribution in [-0.4, -0.2) is 78.8 Å². The molecule has 30 heavy (non-hydrogen) atoms. The number of aryl methyl sites for hydroxylation is 1. The number of benzene rings is 1. The molecule has 3 aliphatic heterocycles. The first-order chi connectivity index (χ1) is 14.7. The molecule has 1 unspecified atom stereocenters. The van der Waals surface area contributed by atoms with Crippen LogP contribution in [0.4, 0.5) is 5.69 Å². The van der Waals surface area contributed by atoms with Crippen LogP contribution in [0.15, 0.2) is 23.2 Å². The molecule has 0 saturated carbocycles. The normalized spacial score (nSPS) is 23.8. The third kappa shape index (κ3) is 4.69. The first kappa shape index (κ1) is 20.4. The van der Waals surface area contributed by atoms with Gasteiger partial charge in [-0.1, -0.05) is 0 Å². The summed E-state index contributed by atoms with van der Waals surface area (Å²) in [5, 5.41) is 6.18. The van der Waals surface area contributed by atoms with Crippen LogP contribution < -0.4 is 5.32 Å². The number of aliphatic imine (C=N–C) groups is 1. The molecule has 1 atom stereocenters. The van der Waals surface area contributed by atoms with E-state index in [1.165, 1.54) is 22.2 Å². The Morgan fingerprint density at radius 1 is 1.13 bits per heavy atom. The van der Waals surface area contributed by atoms with Gasteiger partial charge >= 0.3 is 0 Å². The minimum Gasteiger partial charge on any atom is -0.381 e. The van der Waals surface area contributed by atoms with Crippen LogP contribution in [0.2, 0.25) is 0 Å². The highest BCUT2D eigenvalue weighted by atomic mass is 32.2. The second-order valence-electron chi connectivity index (χ2n) is 8.63. The third-order valence-corrected chi connectivity index (χ3v) is 7.43. The Morgan fingerprint density at radius 3 is 2.77 bits per heavy atom. The van der Waals surface area contributed by atoms with Gasteiger partial charge < -0.3 is 19.8 Å². The average Bonchev–Trinajstić information content (AvgIpc) is 3.41. The summed E-state index contributed by atoms with van der Waals surface area (Å²) in [5.74, 6) is 1.08. The summed E-state index contributed by atoms with van der Waals surface area (Å²) in [7, 11) is 0. The van der Waals surface area contributed by atoms with Crippen LogP contribution in [-0.2, 0) is 9.47 Å². The van der Waals surface area contributed by atoms with E-state index in [9.17, 15) is 0 Å². The molecule has 162 valence electrons. The van der Waals surface area contributed by atoms with E-state index in [-0.39, 0.29) is 0 Å². The van der Waals surface area contributed by atoms with Crippen molar-refractivity contribution in [2.75, 3.05) is 57.1 Å². The molecular weight excluding hydrogens is 396 g/mol. The molecule has 5 rings (SSSR count). The van der Waals surface area contributed by atoms with Crippen molar-refractivity contribution < 1.29 is 9.47 Å². The van der Waals surface area contributed by atoms with Crippen molar-refractivity contribution in [2.24, 2.45) is 4.99 Å². The smallest absolute Gasteiger partial charge is 0.114 e. The summed E-state index contributed by atoms with van der Waals surface area (Å²) in [4.78, 5) is 11.2. The van der Waals surface area contributed by atoms with Crippen LogP contribution in [0.3, 0.4) is 0 Å². The van der Waals surface area contributed by atoms with Gasteiger partial charge in [0.05, 0.1) is 36.2 Å². The monoisotopic (exact) mass is 428 g/mol. The molecule has 4 heterocycles. The second-order valence-corrected chi connectivity index (χ2v) is 9.64. The highest BCUT2D eigenvalue weighted by Gasteiger charge is 2.23. The van der Waals surface area contributed by atoms with Gasteiger partial charge in [0.2, 0.25) is 0 Å². The molecule has 6 nitrogen and oxygen atoms in total. The fourth-order valence-corrected chi connectivity index (χ4v) is 5.63. The molecule has 1 aromatic heterocycles. The van der Waals surface area contributed by atoms with E-state index in [2.05, 4.69) is 40.3 Å². The molecule has 2 saturated heterocycles. The first-order valence-electron chi connectivity index (χ1n) is 11.2. The van der Waals surface area contributed by atoms with E-state index < -0.39 is 0 Å². The number of nitrogens with one attached hydrogen (secondary N) is 2. The lowest BCUT2D eigenvalue weighted by Crippen LogP contribution is -2.37. The van der Waals surface area contributed by atoms with Gasteiger partial charge in [-0.3, -0.25) is 9.89 Å². The maximum atomic E-state index is 5.51. The van der Waals surface area contributed by atoms with Crippen molar-refractivity contribution >= 4 is 33.4 Å². The Hall–Kier alpha value is -1.54. The molecule has 2 aromatic rings. The zero-order valence-electron chi connectivity index (χ0n) is 17.8. The number of nitrogens with zero attached hydrogens (tertiary/aromatic N) is 2. The number of anilines is 1. The summed E-state index contributed by atoms with van der Waals surface area (Å²) in [6.45, 7) is 8.84. The second kappa shape index (κ2) is 9.30. The minimum atomic E-state index is 0.417. The van der Waals surface area contributed by atoms with Gasteiger partial charge in [0.1, 0.15) is 5.04 Å². The third-order valence-electron chi connectivity index (χ3n) is 6.28. The zero-order valence-corrected chi connectivity index (χ0v) is 18.6. The number of ether oxygens (including phenoxy) is 2. The summed E-state index contributed by atoms with van der Waals surface area (Å²) in [6.07, 6.45) is 3.26. The Balaban J connectivity index is 1.30. The lowest BCUT2D eigenvalue weighted by molar-refractivity contribution is 0.0369. The minimum absolute atomic E-state index is 0.417. The Labute approximate surface area is 182 Å². The van der Waals surface area contributed by atoms with Crippen molar-refractivity contribution in [3.05, 3.63) is 29.5 Å². The van der Waals surface area contributed by atoms with Crippen molar-refractivity contribution in [3.8, 4) is 0 Å². The SMILES string of the molecule is Cc1cc(NC2CCOCC2)c2[nH]c(C3=NC(CCN4CCOCC4)CS3)cc2c1. The molecule has 0 spiro atoms. The summed E-state index contributed by atoms with van der Waals surface area (Å²) < 4.78 is 11.0. The fraction of sp³-hybridized carbons (Fsp3) is 0.609. The number of hydrogen-bond acceptors (Lipinski definition) is 6. The molecule has 0 radical (unpaired) electrons. The maximum Gasteiger partial charge on any atom is 0.114 e. The quantitative estimate of drug-likeness (QED) is 0.735. The topological polar surface area (TPSA) is 61.9 Å². The average molecular weight is 429 g/mol. The highest BCUT2D eigenvalue weighted by molar-refractivity contribution is 8.14. The number of H-pyrrole nitrogens is 1. The van der Waals surface area contributed by atoms with Crippen molar-refractivity contribution in [1.82, 2.24) is 9.88 Å². The van der Waals surface area contributed by atoms with E-state index in [4.69, 9.17) is 14.5 Å². The number of rotatable bonds is 6. The van der Waals surface area contributed by atoms with Crippen LogP contribution in [0.5, 0.6) is 0 Å². The van der Waals surface area contributed by atoms with Gasteiger partial charge in [0.25, 0.3) is 0 Å². The predicted octanol–water partition coefficient (Wildman–Crippen LogP) is 3.65. The van der Waals surface area contributed by atoms with Crippen LogP contribution in [0.25, 0.3) is 10.9 Å². The van der Waals surface area contributed by atoms with E-state index in [0.717, 1.165) is 81.8 Å². The largest absolute Gasteiger partial charge is 0.381 e. The standard InChI is InChI=1S/C23H32N4O2S/c1-16-12-17-14-21(26-22(17)20(13-16)24-18-3-8-28-9-4-18)23-25-19(15-30-23)2-5-27-6-10-29-11-7-27/h12-14,18-19,24,26H,2-11,15H2,1H3. The highest BCUT2D eigenvalue weighted by Crippen LogP contribution is 2.31. The lowest BCUT2D eigenvalue weighted by atomic mass is 10.1. The molecule has 0 aliphatic carbocycles. The maximum absolute atomic E-state index is 5.51. The molecule has 0 amide bonds. The molecule has 0 bridgehead atoms. The van der Waals surface area contributed by atoms with Crippen LogP contribution in [0, 0.1) is 6.92 Å². The Morgan fingerprint density at radius 2 is 1.93 bits per heavy atom. The van der Waals surface area contributed by atoms with Crippen LogP contribution in [0.1, 0.15) is 30.5 Å². The zero-order chi connectivity index (χ0) is 20.3. The predicted molar refractivity (Wildman–Crippen MR) is 125 cm³/mol. The van der Waals surface area contributed by atoms with Gasteiger partial charge in [-0.15, -0.1) is 11.8 Å². The molecule has 7 heteroatoms. The Bertz CT molecular complexity index is 900. The number of fused-ring (bicyclic) bond motifs is 1. The van der Waals surface area contributed by atoms with Gasteiger partial charge in [0, 0.05) is 50.0 Å². The molecule has 1 aromatic carbocycles. The summed E-state index contributed by atoms with van der Waals surface area (Å²) >= 11 is 1.89. The summed E-state index contributed by atoms with van der Waals surface area (Å²) in [6, 6.07) is 7.69. The van der Waals surface area contributed by atoms with Gasteiger partial charge in [-0.2, -0.15) is 0 Å². The van der Waals surface area contributed by atoms with Gasteiger partial charge in [-0.05, 0) is 49.9 Å². The number of aromatic amines is 1. The van der Waals surface area contributed by atoms with Crippen molar-refractivity contribution in [3.63, 3.8) is 0 Å². The number of thioether (sulfide) groups is 1. The molecule has 2 N–H and O–H groups in total. The van der Waals surface area contributed by atoms with Crippen molar-refractivity contribution in [2.45, 2.75) is 38.3 Å². The van der Waals surface area contributed by atoms with Crippen LogP contribution >= 0.6 is 11.8 Å². The molecular formula is C23H32N4O2S. The van der Waals surface area contributed by atoms with Crippen molar-refractivity contribution in [1.29, 1.82) is 0 Å². The van der Waals surface area contributed by atoms with E-state index >= 15 is 0 Å².